The second-order valence-electron chi connectivity index (χ2n) is 5.02. The van der Waals surface area contributed by atoms with Crippen molar-refractivity contribution in [2.45, 2.75) is 6.18 Å². The first kappa shape index (κ1) is 18.6. The third-order valence-corrected chi connectivity index (χ3v) is 3.51. The first-order valence-electron chi connectivity index (χ1n) is 6.84. The number of nitrogens with one attached hydrogen (secondary N) is 1. The maximum absolute atomic E-state index is 13.0. The van der Waals surface area contributed by atoms with Crippen LogP contribution in [0.15, 0.2) is 42.5 Å². The van der Waals surface area contributed by atoms with Gasteiger partial charge in [-0.25, -0.2) is 0 Å². The summed E-state index contributed by atoms with van der Waals surface area (Å²) in [6.45, 7) is 0. The molecule has 0 saturated heterocycles. The molecule has 132 valence electrons. The van der Waals surface area contributed by atoms with Gasteiger partial charge in [-0.2, -0.15) is 13.2 Å². The number of benzene rings is 2. The topological polar surface area (TPSA) is 69.6 Å². The zero-order chi connectivity index (χ0) is 18.8. The number of anilines is 2. The summed E-state index contributed by atoms with van der Waals surface area (Å²) >= 11 is 5.56. The number of hydrogen-bond donors (Lipinski definition) is 2. The molecule has 2 amide bonds. The van der Waals surface area contributed by atoms with Crippen LogP contribution in [-0.2, 0) is 15.8 Å². The molecular weight excluding hydrogens is 361 g/mol. The molecule has 2 aromatic rings. The van der Waals surface area contributed by atoms with Gasteiger partial charge in [0.2, 0.25) is 0 Å². The highest BCUT2D eigenvalue weighted by Gasteiger charge is 2.35. The summed E-state index contributed by atoms with van der Waals surface area (Å²) in [6, 6.07) is 8.16. The van der Waals surface area contributed by atoms with Gasteiger partial charge < -0.3 is 15.3 Å². The number of aromatic hydroxyl groups is 1. The van der Waals surface area contributed by atoms with E-state index in [2.05, 4.69) is 0 Å². The number of alkyl halides is 3. The summed E-state index contributed by atoms with van der Waals surface area (Å²) in [4.78, 5) is 25.1. The molecule has 5 nitrogen and oxygen atoms in total. The highest BCUT2D eigenvalue weighted by atomic mass is 35.5. The van der Waals surface area contributed by atoms with Crippen molar-refractivity contribution in [1.29, 1.82) is 0 Å². The molecule has 2 rings (SSSR count). The van der Waals surface area contributed by atoms with Crippen LogP contribution in [0.4, 0.5) is 24.5 Å². The SMILES string of the molecule is CN(C(=O)C(=O)Nc1ccc(Cl)cc1C(F)(F)F)c1ccc(O)cc1. The van der Waals surface area contributed by atoms with E-state index >= 15 is 0 Å². The first-order chi connectivity index (χ1) is 11.6. The van der Waals surface area contributed by atoms with Gasteiger partial charge in [0.25, 0.3) is 0 Å². The van der Waals surface area contributed by atoms with Crippen molar-refractivity contribution < 1.29 is 27.9 Å². The summed E-state index contributed by atoms with van der Waals surface area (Å²) in [7, 11) is 1.28. The Balaban J connectivity index is 2.22. The molecule has 0 heterocycles. The second kappa shape index (κ2) is 7.02. The van der Waals surface area contributed by atoms with Crippen molar-refractivity contribution in [3.63, 3.8) is 0 Å². The molecule has 2 aromatic carbocycles. The Kier molecular flexibility index (Phi) is 5.22. The van der Waals surface area contributed by atoms with E-state index in [0.29, 0.717) is 6.07 Å². The van der Waals surface area contributed by atoms with E-state index in [4.69, 9.17) is 11.6 Å². The van der Waals surface area contributed by atoms with Crippen molar-refractivity contribution in [2.75, 3.05) is 17.3 Å². The lowest BCUT2D eigenvalue weighted by molar-refractivity contribution is -0.137. The number of halogens is 4. The molecule has 0 fully saturated rings. The normalized spacial score (nSPS) is 11.1. The quantitative estimate of drug-likeness (QED) is 0.790. The number of nitrogens with zero attached hydrogens (tertiary/aromatic N) is 1. The predicted octanol–water partition coefficient (Wildman–Crippen LogP) is 3.67. The van der Waals surface area contributed by atoms with Gasteiger partial charge in [0.1, 0.15) is 5.75 Å². The molecule has 9 heteroatoms. The number of carbonyl (C=O) groups excluding carboxylic acids is 2. The fourth-order valence-corrected chi connectivity index (χ4v) is 2.15. The van der Waals surface area contributed by atoms with E-state index in [1.54, 1.807) is 0 Å². The second-order valence-corrected chi connectivity index (χ2v) is 5.46. The van der Waals surface area contributed by atoms with Crippen LogP contribution in [0, 0.1) is 0 Å². The zero-order valence-corrected chi connectivity index (χ0v) is 13.5. The van der Waals surface area contributed by atoms with Gasteiger partial charge in [-0.1, -0.05) is 11.6 Å². The van der Waals surface area contributed by atoms with E-state index in [0.717, 1.165) is 11.0 Å². The average Bonchev–Trinajstić information content (AvgIpc) is 2.54. The average molecular weight is 373 g/mol. The third-order valence-electron chi connectivity index (χ3n) is 3.27. The van der Waals surface area contributed by atoms with E-state index in [1.807, 2.05) is 5.32 Å². The molecule has 0 aliphatic heterocycles. The van der Waals surface area contributed by atoms with Crippen LogP contribution in [-0.4, -0.2) is 24.0 Å². The summed E-state index contributed by atoms with van der Waals surface area (Å²) in [5, 5.41) is 11.0. The van der Waals surface area contributed by atoms with Crippen LogP contribution in [0.3, 0.4) is 0 Å². The summed E-state index contributed by atoms with van der Waals surface area (Å²) in [5.41, 5.74) is -1.45. The number of amides is 2. The first-order valence-corrected chi connectivity index (χ1v) is 7.22. The van der Waals surface area contributed by atoms with Gasteiger partial charge in [-0.15, -0.1) is 0 Å². The Labute approximate surface area is 145 Å². The van der Waals surface area contributed by atoms with Crippen molar-refractivity contribution in [3.8, 4) is 5.75 Å². The molecule has 0 aliphatic rings. The molecule has 0 aromatic heterocycles. The number of phenolic OH excluding ortho intramolecular Hbond substituents is 1. The minimum atomic E-state index is -4.75. The van der Waals surface area contributed by atoms with Gasteiger partial charge in [-0.3, -0.25) is 9.59 Å². The van der Waals surface area contributed by atoms with Crippen LogP contribution in [0.5, 0.6) is 5.75 Å². The Hall–Kier alpha value is -2.74. The van der Waals surface area contributed by atoms with Gasteiger partial charge in [0, 0.05) is 17.8 Å². The van der Waals surface area contributed by atoms with Crippen LogP contribution >= 0.6 is 11.6 Å². The molecule has 0 atom stereocenters. The number of hydrogen-bond acceptors (Lipinski definition) is 3. The lowest BCUT2D eigenvalue weighted by atomic mass is 10.1. The molecule has 0 unspecified atom stereocenters. The van der Waals surface area contributed by atoms with E-state index in [-0.39, 0.29) is 16.5 Å². The zero-order valence-electron chi connectivity index (χ0n) is 12.8. The summed E-state index contributed by atoms with van der Waals surface area (Å²) < 4.78 is 39.0. The molecule has 0 bridgehead atoms. The van der Waals surface area contributed by atoms with Gasteiger partial charge >= 0.3 is 18.0 Å². The molecule has 0 radical (unpaired) electrons. The van der Waals surface area contributed by atoms with Crippen LogP contribution in [0.2, 0.25) is 5.02 Å². The molecule has 25 heavy (non-hydrogen) atoms. The van der Waals surface area contributed by atoms with Crippen LogP contribution < -0.4 is 10.2 Å². The lowest BCUT2D eigenvalue weighted by Crippen LogP contribution is -2.37. The van der Waals surface area contributed by atoms with Crippen LogP contribution in [0.1, 0.15) is 5.56 Å². The minimum absolute atomic E-state index is 0.0370. The molecule has 0 spiro atoms. The van der Waals surface area contributed by atoms with E-state index in [9.17, 15) is 27.9 Å². The lowest BCUT2D eigenvalue weighted by Gasteiger charge is -2.18. The highest BCUT2D eigenvalue weighted by molar-refractivity contribution is 6.44. The van der Waals surface area contributed by atoms with Gasteiger partial charge in [-0.05, 0) is 42.5 Å². The smallest absolute Gasteiger partial charge is 0.418 e. The van der Waals surface area contributed by atoms with Crippen molar-refractivity contribution in [1.82, 2.24) is 0 Å². The predicted molar refractivity (Wildman–Crippen MR) is 86.6 cm³/mol. The monoisotopic (exact) mass is 372 g/mol. The number of carbonyl (C=O) groups is 2. The Bertz CT molecular complexity index is 807. The molecule has 0 aliphatic carbocycles. The van der Waals surface area contributed by atoms with Crippen molar-refractivity contribution in [2.24, 2.45) is 0 Å². The molecule has 0 saturated carbocycles. The summed E-state index contributed by atoms with van der Waals surface area (Å²) in [6.07, 6.45) is -4.75. The third kappa shape index (κ3) is 4.42. The summed E-state index contributed by atoms with van der Waals surface area (Å²) in [5.74, 6) is -2.36. The maximum atomic E-state index is 13.0. The largest absolute Gasteiger partial charge is 0.508 e. The number of likely N-dealkylation sites (N-methyl/N-ethyl adjacent to an activating group) is 1. The van der Waals surface area contributed by atoms with Crippen LogP contribution in [0.25, 0.3) is 0 Å². The fraction of sp³-hybridized carbons (Fsp3) is 0.125. The number of phenols is 1. The highest BCUT2D eigenvalue weighted by Crippen LogP contribution is 2.36. The minimum Gasteiger partial charge on any atom is -0.508 e. The van der Waals surface area contributed by atoms with Crippen molar-refractivity contribution in [3.05, 3.63) is 53.1 Å². The van der Waals surface area contributed by atoms with Crippen molar-refractivity contribution >= 4 is 34.8 Å². The van der Waals surface area contributed by atoms with Gasteiger partial charge in [0.15, 0.2) is 0 Å². The molecular formula is C16H12ClF3N2O3. The Morgan fingerprint density at radius 2 is 1.72 bits per heavy atom. The number of rotatable bonds is 2. The van der Waals surface area contributed by atoms with Gasteiger partial charge in [0.05, 0.1) is 11.3 Å². The molecule has 2 N–H and O–H groups in total. The fourth-order valence-electron chi connectivity index (χ4n) is 1.98. The Morgan fingerprint density at radius 1 is 1.12 bits per heavy atom. The van der Waals surface area contributed by atoms with E-state index < -0.39 is 29.2 Å². The standard InChI is InChI=1S/C16H12ClF3N2O3/c1-22(10-3-5-11(23)6-4-10)15(25)14(24)21-13-7-2-9(17)8-12(13)16(18,19)20/h2-8,23H,1H3,(H,21,24). The van der Waals surface area contributed by atoms with E-state index in [1.165, 1.54) is 37.4 Å². The maximum Gasteiger partial charge on any atom is 0.418 e. The Morgan fingerprint density at radius 3 is 2.28 bits per heavy atom.